The number of halogens is 2. The Hall–Kier alpha value is -1.18. The van der Waals surface area contributed by atoms with Gasteiger partial charge in [0, 0.05) is 15.6 Å². The zero-order chi connectivity index (χ0) is 13.8. The molecule has 0 heterocycles. The Balaban J connectivity index is 2.28. The van der Waals surface area contributed by atoms with Crippen LogP contribution in [0.3, 0.4) is 0 Å². The fraction of sp³-hybridized carbons (Fsp3) is 0.250. The molecule has 3 heteroatoms. The number of rotatable bonds is 4. The minimum atomic E-state index is -0.0640. The van der Waals surface area contributed by atoms with Gasteiger partial charge in [-0.25, -0.2) is 0 Å². The average molecular weight is 295 g/mol. The fourth-order valence-electron chi connectivity index (χ4n) is 1.97. The third-order valence-electron chi connectivity index (χ3n) is 3.04. The third kappa shape index (κ3) is 3.43. The second-order valence-corrected chi connectivity index (χ2v) is 5.29. The molecule has 0 amide bonds. The molecule has 0 bridgehead atoms. The van der Waals surface area contributed by atoms with Crippen LogP contribution in [0.5, 0.6) is 5.75 Å². The highest BCUT2D eigenvalue weighted by atomic mass is 35.5. The Morgan fingerprint density at radius 3 is 2.47 bits per heavy atom. The molecule has 19 heavy (non-hydrogen) atoms. The number of benzene rings is 2. The van der Waals surface area contributed by atoms with E-state index in [0.717, 1.165) is 23.3 Å². The molecule has 2 aromatic carbocycles. The van der Waals surface area contributed by atoms with Crippen LogP contribution in [-0.4, -0.2) is 0 Å². The van der Waals surface area contributed by atoms with Crippen molar-refractivity contribution < 1.29 is 4.74 Å². The number of aryl methyl sites for hydroxylation is 1. The van der Waals surface area contributed by atoms with Crippen molar-refractivity contribution in [2.45, 2.75) is 26.4 Å². The molecule has 0 aliphatic carbocycles. The van der Waals surface area contributed by atoms with Crippen molar-refractivity contribution in [3.63, 3.8) is 0 Å². The molecule has 0 saturated carbocycles. The average Bonchev–Trinajstić information content (AvgIpc) is 2.39. The fourth-order valence-corrected chi connectivity index (χ4v) is 2.50. The summed E-state index contributed by atoms with van der Waals surface area (Å²) in [6, 6.07) is 13.5. The number of hydrogen-bond acceptors (Lipinski definition) is 1. The minimum Gasteiger partial charge on any atom is -0.485 e. The Morgan fingerprint density at radius 2 is 1.84 bits per heavy atom. The Kier molecular flexibility index (Phi) is 4.73. The van der Waals surface area contributed by atoms with E-state index in [1.54, 1.807) is 6.07 Å². The van der Waals surface area contributed by atoms with E-state index in [0.29, 0.717) is 10.0 Å². The van der Waals surface area contributed by atoms with E-state index in [9.17, 15) is 0 Å². The van der Waals surface area contributed by atoms with Crippen molar-refractivity contribution in [3.8, 4) is 5.75 Å². The van der Waals surface area contributed by atoms with Crippen molar-refractivity contribution >= 4 is 23.2 Å². The van der Waals surface area contributed by atoms with Crippen LogP contribution in [0.1, 0.15) is 30.6 Å². The predicted molar refractivity (Wildman–Crippen MR) is 81.3 cm³/mol. The highest BCUT2D eigenvalue weighted by molar-refractivity contribution is 6.35. The second-order valence-electron chi connectivity index (χ2n) is 4.45. The summed E-state index contributed by atoms with van der Waals surface area (Å²) < 4.78 is 6.07. The van der Waals surface area contributed by atoms with Gasteiger partial charge >= 0.3 is 0 Å². The molecule has 2 aromatic rings. The van der Waals surface area contributed by atoms with Gasteiger partial charge in [-0.2, -0.15) is 0 Å². The maximum absolute atomic E-state index is 6.24. The van der Waals surface area contributed by atoms with Crippen LogP contribution in [0.15, 0.2) is 42.5 Å². The first kappa shape index (κ1) is 14.2. The number of ether oxygens (including phenoxy) is 1. The van der Waals surface area contributed by atoms with Crippen LogP contribution in [-0.2, 0) is 0 Å². The first-order valence-corrected chi connectivity index (χ1v) is 7.04. The van der Waals surface area contributed by atoms with Crippen LogP contribution in [0.4, 0.5) is 0 Å². The highest BCUT2D eigenvalue weighted by Gasteiger charge is 2.15. The Labute approximate surface area is 124 Å². The molecular formula is C16H16Cl2O. The van der Waals surface area contributed by atoms with Crippen molar-refractivity contribution in [2.24, 2.45) is 0 Å². The zero-order valence-corrected chi connectivity index (χ0v) is 12.5. The van der Waals surface area contributed by atoms with Crippen molar-refractivity contribution in [1.29, 1.82) is 0 Å². The lowest BCUT2D eigenvalue weighted by molar-refractivity contribution is 0.200. The van der Waals surface area contributed by atoms with Gasteiger partial charge in [0.15, 0.2) is 0 Å². The van der Waals surface area contributed by atoms with Crippen molar-refractivity contribution in [1.82, 2.24) is 0 Å². The second kappa shape index (κ2) is 6.31. The van der Waals surface area contributed by atoms with Gasteiger partial charge in [-0.15, -0.1) is 0 Å². The predicted octanol–water partition coefficient (Wildman–Crippen LogP) is 5.83. The van der Waals surface area contributed by atoms with Gasteiger partial charge in [0.25, 0.3) is 0 Å². The van der Waals surface area contributed by atoms with Crippen LogP contribution in [0.25, 0.3) is 0 Å². The van der Waals surface area contributed by atoms with Crippen LogP contribution >= 0.6 is 23.2 Å². The summed E-state index contributed by atoms with van der Waals surface area (Å²) in [7, 11) is 0. The summed E-state index contributed by atoms with van der Waals surface area (Å²) in [6.45, 7) is 4.11. The van der Waals surface area contributed by atoms with E-state index in [1.807, 2.05) is 43.3 Å². The summed E-state index contributed by atoms with van der Waals surface area (Å²) in [5.74, 6) is 0.889. The normalized spacial score (nSPS) is 12.2. The Bertz CT molecular complexity index is 566. The molecule has 1 nitrogen and oxygen atoms in total. The lowest BCUT2D eigenvalue weighted by Crippen LogP contribution is -2.07. The molecular weight excluding hydrogens is 279 g/mol. The van der Waals surface area contributed by atoms with E-state index in [4.69, 9.17) is 27.9 Å². The molecule has 0 fully saturated rings. The molecule has 0 aromatic heterocycles. The smallest absolute Gasteiger partial charge is 0.125 e. The molecule has 100 valence electrons. The van der Waals surface area contributed by atoms with Crippen molar-refractivity contribution in [3.05, 3.63) is 63.6 Å². The molecule has 2 rings (SSSR count). The van der Waals surface area contributed by atoms with E-state index >= 15 is 0 Å². The van der Waals surface area contributed by atoms with Crippen LogP contribution in [0.2, 0.25) is 10.0 Å². The number of para-hydroxylation sites is 1. The summed E-state index contributed by atoms with van der Waals surface area (Å²) in [6.07, 6.45) is 0.779. The molecule has 0 aliphatic heterocycles. The maximum Gasteiger partial charge on any atom is 0.125 e. The van der Waals surface area contributed by atoms with E-state index < -0.39 is 0 Å². The summed E-state index contributed by atoms with van der Waals surface area (Å²) in [5.41, 5.74) is 2.09. The van der Waals surface area contributed by atoms with Gasteiger partial charge in [0.1, 0.15) is 11.9 Å². The summed E-state index contributed by atoms with van der Waals surface area (Å²) >= 11 is 12.2. The topological polar surface area (TPSA) is 9.23 Å². The molecule has 0 N–H and O–H groups in total. The van der Waals surface area contributed by atoms with Crippen LogP contribution in [0, 0.1) is 6.92 Å². The standard InChI is InChI=1S/C16H16Cl2O/c1-3-15(13-9-8-12(17)10-14(13)18)19-16-7-5-4-6-11(16)2/h4-10,15H,3H2,1-2H3. The van der Waals surface area contributed by atoms with Gasteiger partial charge in [-0.3, -0.25) is 0 Å². The SMILES string of the molecule is CCC(Oc1ccccc1C)c1ccc(Cl)cc1Cl. The molecule has 0 radical (unpaired) electrons. The van der Waals surface area contributed by atoms with Gasteiger partial charge in [-0.1, -0.05) is 54.4 Å². The zero-order valence-electron chi connectivity index (χ0n) is 11.0. The van der Waals surface area contributed by atoms with Crippen LogP contribution < -0.4 is 4.74 Å². The molecule has 0 aliphatic rings. The minimum absolute atomic E-state index is 0.0640. The monoisotopic (exact) mass is 294 g/mol. The Morgan fingerprint density at radius 1 is 1.11 bits per heavy atom. The van der Waals surface area contributed by atoms with Gasteiger partial charge < -0.3 is 4.74 Å². The molecule has 1 atom stereocenters. The largest absolute Gasteiger partial charge is 0.485 e. The van der Waals surface area contributed by atoms with Crippen molar-refractivity contribution in [2.75, 3.05) is 0 Å². The quantitative estimate of drug-likeness (QED) is 0.689. The highest BCUT2D eigenvalue weighted by Crippen LogP contribution is 2.32. The maximum atomic E-state index is 6.24. The third-order valence-corrected chi connectivity index (χ3v) is 3.61. The first-order chi connectivity index (χ1) is 9.11. The lowest BCUT2D eigenvalue weighted by atomic mass is 10.1. The van der Waals surface area contributed by atoms with E-state index in [2.05, 4.69) is 6.92 Å². The molecule has 1 unspecified atom stereocenters. The summed E-state index contributed by atoms with van der Waals surface area (Å²) in [5, 5.41) is 1.28. The van der Waals surface area contributed by atoms with Gasteiger partial charge in [-0.05, 0) is 37.1 Å². The summed E-state index contributed by atoms with van der Waals surface area (Å²) in [4.78, 5) is 0. The van der Waals surface area contributed by atoms with E-state index in [1.165, 1.54) is 0 Å². The van der Waals surface area contributed by atoms with Gasteiger partial charge in [0.05, 0.1) is 0 Å². The van der Waals surface area contributed by atoms with Gasteiger partial charge in [0.2, 0.25) is 0 Å². The molecule has 0 saturated heterocycles. The lowest BCUT2D eigenvalue weighted by Gasteiger charge is -2.20. The molecule has 0 spiro atoms. The number of hydrogen-bond donors (Lipinski definition) is 0. The first-order valence-electron chi connectivity index (χ1n) is 6.29. The van der Waals surface area contributed by atoms with E-state index in [-0.39, 0.29) is 6.10 Å².